The van der Waals surface area contributed by atoms with E-state index in [1.807, 2.05) is 0 Å². The van der Waals surface area contributed by atoms with Crippen molar-refractivity contribution in [1.82, 2.24) is 0 Å². The van der Waals surface area contributed by atoms with E-state index in [1.165, 1.54) is 31.2 Å². The summed E-state index contributed by atoms with van der Waals surface area (Å²) in [5, 5.41) is 9.73. The second kappa shape index (κ2) is 6.60. The fraction of sp³-hybridized carbons (Fsp3) is 0.188. The molecule has 7 heteroatoms. The van der Waals surface area contributed by atoms with E-state index in [4.69, 9.17) is 11.6 Å². The first-order chi connectivity index (χ1) is 10.7. The maximum atomic E-state index is 13.0. The number of sulfonamides is 1. The molecule has 0 spiro atoms. The van der Waals surface area contributed by atoms with Gasteiger partial charge in [-0.2, -0.15) is 0 Å². The molecule has 0 amide bonds. The Morgan fingerprint density at radius 3 is 2.22 bits per heavy atom. The first-order valence-corrected chi connectivity index (χ1v) is 8.65. The average molecular weight is 354 g/mol. The molecule has 0 fully saturated rings. The second-order valence-corrected chi connectivity index (χ2v) is 7.31. The van der Waals surface area contributed by atoms with Gasteiger partial charge in [-0.1, -0.05) is 29.8 Å². The maximum Gasteiger partial charge on any atom is 0.327 e. The monoisotopic (exact) mass is 353 g/mol. The molecule has 0 saturated carbocycles. The lowest BCUT2D eigenvalue weighted by Gasteiger charge is -2.29. The summed E-state index contributed by atoms with van der Waals surface area (Å²) >= 11 is 5.79. The molecule has 0 heterocycles. The van der Waals surface area contributed by atoms with Crippen molar-refractivity contribution in [3.63, 3.8) is 0 Å². The molecule has 23 heavy (non-hydrogen) atoms. The summed E-state index contributed by atoms with van der Waals surface area (Å²) in [4.78, 5) is 11.4. The Kier molecular flexibility index (Phi) is 4.97. The van der Waals surface area contributed by atoms with Crippen LogP contribution in [0.2, 0.25) is 5.02 Å². The summed E-state index contributed by atoms with van der Waals surface area (Å²) in [5.41, 5.74) is 0.996. The highest BCUT2D eigenvalue weighted by atomic mass is 35.5. The van der Waals surface area contributed by atoms with Gasteiger partial charge in [0.05, 0.1) is 10.6 Å². The molecule has 0 radical (unpaired) electrons. The van der Waals surface area contributed by atoms with Crippen LogP contribution in [0, 0.1) is 6.92 Å². The zero-order valence-corrected chi connectivity index (χ0v) is 14.2. The fourth-order valence-corrected chi connectivity index (χ4v) is 3.98. The van der Waals surface area contributed by atoms with Crippen LogP contribution in [0.3, 0.4) is 0 Å². The summed E-state index contributed by atoms with van der Waals surface area (Å²) in [6.07, 6.45) is 0. The molecule has 0 aliphatic rings. The number of aryl methyl sites for hydroxylation is 1. The van der Waals surface area contributed by atoms with Gasteiger partial charge in [0.25, 0.3) is 10.0 Å². The van der Waals surface area contributed by atoms with E-state index < -0.39 is 22.0 Å². The predicted octanol–water partition coefficient (Wildman–Crippen LogP) is 3.32. The number of carbonyl (C=O) groups is 1. The molecule has 2 rings (SSSR count). The van der Waals surface area contributed by atoms with Crippen molar-refractivity contribution in [2.75, 3.05) is 4.31 Å². The van der Waals surface area contributed by atoms with Crippen LogP contribution in [0.1, 0.15) is 12.5 Å². The highest BCUT2D eigenvalue weighted by molar-refractivity contribution is 7.93. The van der Waals surface area contributed by atoms with Crippen LogP contribution in [-0.4, -0.2) is 25.5 Å². The number of hydrogen-bond acceptors (Lipinski definition) is 3. The molecule has 0 aliphatic carbocycles. The Morgan fingerprint density at radius 1 is 1.13 bits per heavy atom. The zero-order valence-electron chi connectivity index (χ0n) is 12.6. The smallest absolute Gasteiger partial charge is 0.327 e. The molecule has 5 nitrogen and oxygen atoms in total. The lowest BCUT2D eigenvalue weighted by molar-refractivity contribution is -0.137. The quantitative estimate of drug-likeness (QED) is 0.894. The number of aliphatic carboxylic acids is 1. The van der Waals surface area contributed by atoms with Crippen molar-refractivity contribution in [2.45, 2.75) is 24.8 Å². The Labute approximate surface area is 140 Å². The Bertz CT molecular complexity index is 818. The number of anilines is 1. The lowest BCUT2D eigenvalue weighted by Crippen LogP contribution is -2.43. The van der Waals surface area contributed by atoms with Crippen LogP contribution in [0.4, 0.5) is 5.69 Å². The minimum atomic E-state index is -4.04. The van der Waals surface area contributed by atoms with E-state index in [2.05, 4.69) is 0 Å². The number of benzene rings is 2. The summed E-state index contributed by atoms with van der Waals surface area (Å²) in [6.45, 7) is 3.07. The standard InChI is InChI=1S/C16H16ClNO4S/c1-11-5-3-4-6-15(11)18(12(2)16(19)20)23(21,22)14-9-7-13(17)8-10-14/h3-10,12H,1-2H3,(H,19,20). The molecular formula is C16H16ClNO4S. The third-order valence-electron chi connectivity index (χ3n) is 3.43. The Balaban J connectivity index is 2.64. The van der Waals surface area contributed by atoms with Crippen molar-refractivity contribution in [3.05, 3.63) is 59.1 Å². The number of rotatable bonds is 5. The van der Waals surface area contributed by atoms with Crippen molar-refractivity contribution < 1.29 is 18.3 Å². The summed E-state index contributed by atoms with van der Waals surface area (Å²) < 4.78 is 26.8. The number of hydrogen-bond donors (Lipinski definition) is 1. The molecule has 0 aromatic heterocycles. The molecule has 0 saturated heterocycles. The molecule has 122 valence electrons. The van der Waals surface area contributed by atoms with Crippen LogP contribution >= 0.6 is 11.6 Å². The van der Waals surface area contributed by atoms with Gasteiger partial charge in [-0.05, 0) is 49.7 Å². The average Bonchev–Trinajstić information content (AvgIpc) is 2.49. The van der Waals surface area contributed by atoms with Gasteiger partial charge in [-0.3, -0.25) is 4.31 Å². The molecule has 1 N–H and O–H groups in total. The number of nitrogens with zero attached hydrogens (tertiary/aromatic N) is 1. The zero-order chi connectivity index (χ0) is 17.2. The highest BCUT2D eigenvalue weighted by Crippen LogP contribution is 2.29. The summed E-state index contributed by atoms with van der Waals surface area (Å²) in [7, 11) is -4.04. The number of halogens is 1. The van der Waals surface area contributed by atoms with E-state index in [-0.39, 0.29) is 4.90 Å². The van der Waals surface area contributed by atoms with Gasteiger partial charge in [0.2, 0.25) is 0 Å². The maximum absolute atomic E-state index is 13.0. The van der Waals surface area contributed by atoms with Gasteiger partial charge in [-0.25, -0.2) is 13.2 Å². The van der Waals surface area contributed by atoms with Crippen LogP contribution in [0.5, 0.6) is 0 Å². The van der Waals surface area contributed by atoms with E-state index in [0.29, 0.717) is 16.3 Å². The topological polar surface area (TPSA) is 74.7 Å². The first-order valence-electron chi connectivity index (χ1n) is 6.83. The molecule has 2 aromatic carbocycles. The van der Waals surface area contributed by atoms with Gasteiger partial charge in [0, 0.05) is 5.02 Å². The van der Waals surface area contributed by atoms with Crippen molar-refractivity contribution in [2.24, 2.45) is 0 Å². The largest absolute Gasteiger partial charge is 0.480 e. The second-order valence-electron chi connectivity index (χ2n) is 5.06. The Hall–Kier alpha value is -2.05. The molecule has 1 atom stereocenters. The van der Waals surface area contributed by atoms with Gasteiger partial charge >= 0.3 is 5.97 Å². The molecule has 0 aliphatic heterocycles. The normalized spacial score (nSPS) is 12.7. The fourth-order valence-electron chi connectivity index (χ4n) is 2.18. The summed E-state index contributed by atoms with van der Waals surface area (Å²) in [5.74, 6) is -1.23. The van der Waals surface area contributed by atoms with Gasteiger partial charge < -0.3 is 5.11 Å². The SMILES string of the molecule is Cc1ccccc1N(C(C)C(=O)O)S(=O)(=O)c1ccc(Cl)cc1. The molecule has 2 aromatic rings. The van der Waals surface area contributed by atoms with Gasteiger partial charge in [-0.15, -0.1) is 0 Å². The summed E-state index contributed by atoms with van der Waals surface area (Å²) in [6, 6.07) is 11.1. The molecule has 1 unspecified atom stereocenters. The van der Waals surface area contributed by atoms with Gasteiger partial charge in [0.1, 0.15) is 6.04 Å². The minimum absolute atomic E-state index is 0.0155. The molecular weight excluding hydrogens is 338 g/mol. The lowest BCUT2D eigenvalue weighted by atomic mass is 10.2. The van der Waals surface area contributed by atoms with Gasteiger partial charge in [0.15, 0.2) is 0 Å². The third-order valence-corrected chi connectivity index (χ3v) is 5.58. The van der Waals surface area contributed by atoms with Crippen molar-refractivity contribution in [3.8, 4) is 0 Å². The third kappa shape index (κ3) is 3.48. The predicted molar refractivity (Wildman–Crippen MR) is 89.4 cm³/mol. The van der Waals surface area contributed by atoms with E-state index in [1.54, 1.807) is 31.2 Å². The van der Waals surface area contributed by atoms with Crippen molar-refractivity contribution >= 4 is 33.3 Å². The number of para-hydroxylation sites is 1. The Morgan fingerprint density at radius 2 is 1.70 bits per heavy atom. The number of carboxylic acids is 1. The van der Waals surface area contributed by atoms with E-state index >= 15 is 0 Å². The van der Waals surface area contributed by atoms with E-state index in [0.717, 1.165) is 4.31 Å². The first kappa shape index (κ1) is 17.3. The molecule has 0 bridgehead atoms. The number of carboxylic acid groups (broad SMARTS) is 1. The minimum Gasteiger partial charge on any atom is -0.480 e. The van der Waals surface area contributed by atoms with E-state index in [9.17, 15) is 18.3 Å². The van der Waals surface area contributed by atoms with Crippen LogP contribution < -0.4 is 4.31 Å². The highest BCUT2D eigenvalue weighted by Gasteiger charge is 2.34. The van der Waals surface area contributed by atoms with Crippen LogP contribution in [-0.2, 0) is 14.8 Å². The van der Waals surface area contributed by atoms with Crippen LogP contribution in [0.15, 0.2) is 53.4 Å². The van der Waals surface area contributed by atoms with Crippen LogP contribution in [0.25, 0.3) is 0 Å². The van der Waals surface area contributed by atoms with Crippen molar-refractivity contribution in [1.29, 1.82) is 0 Å².